The lowest BCUT2D eigenvalue weighted by Crippen LogP contribution is -2.07. The van der Waals surface area contributed by atoms with E-state index in [9.17, 15) is 0 Å². The quantitative estimate of drug-likeness (QED) is 0.438. The Hall–Kier alpha value is -1.63. The lowest BCUT2D eigenvalue weighted by Gasteiger charge is -2.13. The first-order chi connectivity index (χ1) is 9.31. The third-order valence-corrected chi connectivity index (χ3v) is 3.13. The smallest absolute Gasteiger partial charge is 0.0745 e. The maximum Gasteiger partial charge on any atom is 0.0745 e. The van der Waals surface area contributed by atoms with Crippen LogP contribution in [0.25, 0.3) is 0 Å². The summed E-state index contributed by atoms with van der Waals surface area (Å²) in [4.78, 5) is 4.76. The zero-order valence-electron chi connectivity index (χ0n) is 12.2. The summed E-state index contributed by atoms with van der Waals surface area (Å²) in [6.45, 7) is 7.99. The third kappa shape index (κ3) is 5.69. The Morgan fingerprint density at radius 3 is 2.89 bits per heavy atom. The fraction of sp³-hybridized carbons (Fsp3) is 0.389. The normalized spacial score (nSPS) is 18.0. The maximum atomic E-state index is 4.76. The van der Waals surface area contributed by atoms with E-state index < -0.39 is 0 Å². The van der Waals surface area contributed by atoms with Crippen molar-refractivity contribution in [2.45, 2.75) is 45.6 Å². The van der Waals surface area contributed by atoms with E-state index in [1.807, 2.05) is 18.4 Å². The molecule has 0 aliphatic heterocycles. The Balaban J connectivity index is 2.78. The van der Waals surface area contributed by atoms with Crippen molar-refractivity contribution < 1.29 is 0 Å². The van der Waals surface area contributed by atoms with Gasteiger partial charge in [-0.05, 0) is 37.3 Å². The predicted molar refractivity (Wildman–Crippen MR) is 86.7 cm³/mol. The summed E-state index contributed by atoms with van der Waals surface area (Å²) < 4.78 is 0. The molecule has 1 aliphatic rings. The Morgan fingerprint density at radius 1 is 1.47 bits per heavy atom. The van der Waals surface area contributed by atoms with E-state index in [1.165, 1.54) is 11.1 Å². The molecular weight excluding hydrogens is 230 g/mol. The molecule has 0 spiro atoms. The fourth-order valence-corrected chi connectivity index (χ4v) is 2.09. The van der Waals surface area contributed by atoms with Gasteiger partial charge in [-0.1, -0.05) is 62.5 Å². The molecule has 0 heterocycles. The number of hydrogen-bond acceptors (Lipinski definition) is 1. The molecule has 1 atom stereocenters. The van der Waals surface area contributed by atoms with Gasteiger partial charge in [-0.25, -0.2) is 0 Å². The summed E-state index contributed by atoms with van der Waals surface area (Å²) in [5.41, 5.74) is 2.49. The average Bonchev–Trinajstić information content (AvgIpc) is 2.46. The van der Waals surface area contributed by atoms with Crippen LogP contribution in [0, 0.1) is 0 Å². The topological polar surface area (TPSA) is 12.4 Å². The molecule has 1 aliphatic carbocycles. The molecule has 0 aromatic carbocycles. The minimum atomic E-state index is 0.252. The van der Waals surface area contributed by atoms with Crippen molar-refractivity contribution in [1.29, 1.82) is 0 Å². The molecule has 102 valence electrons. The minimum absolute atomic E-state index is 0.252. The molecule has 1 unspecified atom stereocenters. The average molecular weight is 255 g/mol. The highest BCUT2D eigenvalue weighted by Crippen LogP contribution is 2.16. The highest BCUT2D eigenvalue weighted by atomic mass is 14.8. The highest BCUT2D eigenvalue weighted by molar-refractivity contribution is 5.82. The highest BCUT2D eigenvalue weighted by Gasteiger charge is 2.08. The second-order valence-electron chi connectivity index (χ2n) is 4.65. The van der Waals surface area contributed by atoms with Gasteiger partial charge in [0.1, 0.15) is 0 Å². The Kier molecular flexibility index (Phi) is 7.57. The molecular formula is C18H25N. The molecule has 0 aromatic heterocycles. The Morgan fingerprint density at radius 2 is 2.32 bits per heavy atom. The van der Waals surface area contributed by atoms with Crippen LogP contribution in [-0.4, -0.2) is 12.3 Å². The van der Waals surface area contributed by atoms with Crippen molar-refractivity contribution in [2.24, 2.45) is 4.99 Å². The molecule has 19 heavy (non-hydrogen) atoms. The number of allylic oxidation sites excluding steroid dienone is 7. The van der Waals surface area contributed by atoms with Crippen molar-refractivity contribution in [1.82, 2.24) is 0 Å². The molecule has 1 rings (SSSR count). The van der Waals surface area contributed by atoms with Gasteiger partial charge in [0.2, 0.25) is 0 Å². The van der Waals surface area contributed by atoms with E-state index in [0.717, 1.165) is 25.7 Å². The van der Waals surface area contributed by atoms with Crippen molar-refractivity contribution >= 4 is 6.21 Å². The van der Waals surface area contributed by atoms with Gasteiger partial charge >= 0.3 is 0 Å². The molecule has 1 heteroatoms. The van der Waals surface area contributed by atoms with E-state index in [2.05, 4.69) is 50.8 Å². The number of aliphatic imine (C=N–C) groups is 1. The van der Waals surface area contributed by atoms with E-state index in [1.54, 1.807) is 0 Å². The lowest BCUT2D eigenvalue weighted by molar-refractivity contribution is 0.688. The summed E-state index contributed by atoms with van der Waals surface area (Å²) in [7, 11) is 0. The fourth-order valence-electron chi connectivity index (χ4n) is 2.09. The molecule has 0 fully saturated rings. The van der Waals surface area contributed by atoms with Crippen LogP contribution in [0.1, 0.15) is 39.5 Å². The van der Waals surface area contributed by atoms with Gasteiger partial charge in [-0.2, -0.15) is 0 Å². The third-order valence-electron chi connectivity index (χ3n) is 3.13. The van der Waals surface area contributed by atoms with Crippen molar-refractivity contribution in [3.63, 3.8) is 0 Å². The first kappa shape index (κ1) is 15.4. The van der Waals surface area contributed by atoms with Crippen LogP contribution in [0.5, 0.6) is 0 Å². The van der Waals surface area contributed by atoms with E-state index in [4.69, 9.17) is 4.99 Å². The Labute approximate surface area is 117 Å². The van der Waals surface area contributed by atoms with Crippen LogP contribution in [-0.2, 0) is 0 Å². The molecule has 1 nitrogen and oxygen atoms in total. The van der Waals surface area contributed by atoms with Gasteiger partial charge in [0.15, 0.2) is 0 Å². The molecule has 0 bridgehead atoms. The molecule has 0 saturated heterocycles. The largest absolute Gasteiger partial charge is 0.285 e. The van der Waals surface area contributed by atoms with Crippen molar-refractivity contribution in [2.75, 3.05) is 0 Å². The van der Waals surface area contributed by atoms with Crippen molar-refractivity contribution in [3.8, 4) is 0 Å². The molecule has 0 radical (unpaired) electrons. The van der Waals surface area contributed by atoms with E-state index in [-0.39, 0.29) is 6.04 Å². The van der Waals surface area contributed by atoms with Gasteiger partial charge < -0.3 is 0 Å². The minimum Gasteiger partial charge on any atom is -0.285 e. The number of rotatable bonds is 7. The van der Waals surface area contributed by atoms with Crippen LogP contribution in [0.2, 0.25) is 0 Å². The lowest BCUT2D eigenvalue weighted by atomic mass is 10.0. The van der Waals surface area contributed by atoms with Gasteiger partial charge in [-0.15, -0.1) is 0 Å². The second-order valence-corrected chi connectivity index (χ2v) is 4.65. The zero-order valence-corrected chi connectivity index (χ0v) is 12.2. The Bertz CT molecular complexity index is 419. The SMILES string of the molecule is C=C/C=C\C(=C/C)C(CCC)/N=C/C1=CCCC=C1. The van der Waals surface area contributed by atoms with Gasteiger partial charge in [0.25, 0.3) is 0 Å². The van der Waals surface area contributed by atoms with E-state index >= 15 is 0 Å². The summed E-state index contributed by atoms with van der Waals surface area (Å²) >= 11 is 0. The van der Waals surface area contributed by atoms with Crippen LogP contribution in [0.3, 0.4) is 0 Å². The van der Waals surface area contributed by atoms with Gasteiger partial charge in [0.05, 0.1) is 6.04 Å². The summed E-state index contributed by atoms with van der Waals surface area (Å²) in [5, 5.41) is 0. The van der Waals surface area contributed by atoms with Crippen molar-refractivity contribution in [3.05, 3.63) is 60.3 Å². The zero-order chi connectivity index (χ0) is 13.9. The predicted octanol–water partition coefficient (Wildman–Crippen LogP) is 5.19. The number of nitrogens with zero attached hydrogens (tertiary/aromatic N) is 1. The summed E-state index contributed by atoms with van der Waals surface area (Å²) in [6.07, 6.45) is 21.2. The first-order valence-corrected chi connectivity index (χ1v) is 7.17. The second kappa shape index (κ2) is 9.32. The van der Waals surface area contributed by atoms with Gasteiger partial charge in [0, 0.05) is 6.21 Å². The number of hydrogen-bond donors (Lipinski definition) is 0. The van der Waals surface area contributed by atoms with Crippen LogP contribution >= 0.6 is 0 Å². The molecule has 0 N–H and O–H groups in total. The molecule has 0 saturated carbocycles. The van der Waals surface area contributed by atoms with Crippen LogP contribution in [0.4, 0.5) is 0 Å². The molecule has 0 amide bonds. The maximum absolute atomic E-state index is 4.76. The first-order valence-electron chi connectivity index (χ1n) is 7.17. The van der Waals surface area contributed by atoms with Crippen LogP contribution < -0.4 is 0 Å². The van der Waals surface area contributed by atoms with Gasteiger partial charge in [-0.3, -0.25) is 4.99 Å². The summed E-state index contributed by atoms with van der Waals surface area (Å²) in [5.74, 6) is 0. The van der Waals surface area contributed by atoms with E-state index in [0.29, 0.717) is 0 Å². The van der Waals surface area contributed by atoms with Crippen LogP contribution in [0.15, 0.2) is 65.2 Å². The monoisotopic (exact) mass is 255 g/mol. The standard InChI is InChI=1S/C18H25N/c1-4-7-14-17(6-3)18(11-5-2)19-15-16-12-9-8-10-13-16/h4,6-7,9,12-15,18H,1,5,8,10-11H2,2-3H3/b14-7-,17-6+,19-15+. The summed E-state index contributed by atoms with van der Waals surface area (Å²) in [6, 6.07) is 0.252. The molecule has 0 aromatic rings.